The van der Waals surface area contributed by atoms with Gasteiger partial charge < -0.3 is 9.47 Å². The minimum Gasteiger partial charge on any atom is -0.496 e. The van der Waals surface area contributed by atoms with Gasteiger partial charge >= 0.3 is 0 Å². The molecule has 0 aliphatic heterocycles. The summed E-state index contributed by atoms with van der Waals surface area (Å²) in [7, 11) is 1.63. The highest BCUT2D eigenvalue weighted by molar-refractivity contribution is 9.10. The molecular weight excluding hydrogens is 308 g/mol. The Hall–Kier alpha value is -1.81. The zero-order valence-corrected chi connectivity index (χ0v) is 12.0. The average molecular weight is 321 g/mol. The van der Waals surface area contributed by atoms with Crippen molar-refractivity contribution in [3.63, 3.8) is 0 Å². The van der Waals surface area contributed by atoms with E-state index in [4.69, 9.17) is 9.47 Å². The van der Waals surface area contributed by atoms with Crippen molar-refractivity contribution in [1.29, 1.82) is 0 Å². The molecule has 0 atom stereocenters. The van der Waals surface area contributed by atoms with E-state index in [1.54, 1.807) is 19.2 Å². The van der Waals surface area contributed by atoms with Gasteiger partial charge in [-0.05, 0) is 24.3 Å². The van der Waals surface area contributed by atoms with Crippen LogP contribution in [0.1, 0.15) is 15.9 Å². The summed E-state index contributed by atoms with van der Waals surface area (Å²) in [6.07, 6.45) is 0.792. The summed E-state index contributed by atoms with van der Waals surface area (Å²) in [6.45, 7) is 0.393. The molecule has 3 nitrogen and oxygen atoms in total. The Balaban J connectivity index is 2.12. The quantitative estimate of drug-likeness (QED) is 0.785. The second kappa shape index (κ2) is 6.38. The number of carbonyl (C=O) groups excluding carboxylic acids is 1. The normalized spacial score (nSPS) is 10.0. The standard InChI is InChI=1S/C15H13BrO3/c1-18-15-5-3-2-4-11(15)10-19-13-6-7-14(16)12(8-13)9-17/h2-9H,10H2,1H3. The van der Waals surface area contributed by atoms with Crippen LogP contribution in [0.2, 0.25) is 0 Å². The van der Waals surface area contributed by atoms with Gasteiger partial charge in [0, 0.05) is 15.6 Å². The van der Waals surface area contributed by atoms with Crippen LogP contribution in [0.5, 0.6) is 11.5 Å². The van der Waals surface area contributed by atoms with E-state index in [9.17, 15) is 4.79 Å². The maximum Gasteiger partial charge on any atom is 0.151 e. The lowest BCUT2D eigenvalue weighted by Gasteiger charge is -2.10. The third-order valence-electron chi connectivity index (χ3n) is 2.68. The third kappa shape index (κ3) is 3.35. The minimum absolute atomic E-state index is 0.393. The van der Waals surface area contributed by atoms with Crippen LogP contribution in [0, 0.1) is 0 Å². The summed E-state index contributed by atoms with van der Waals surface area (Å²) < 4.78 is 11.7. The van der Waals surface area contributed by atoms with E-state index in [1.807, 2.05) is 30.3 Å². The molecule has 0 unspecified atom stereocenters. The topological polar surface area (TPSA) is 35.5 Å². The highest BCUT2D eigenvalue weighted by Gasteiger charge is 2.04. The first-order valence-corrected chi connectivity index (χ1v) is 6.53. The molecule has 0 saturated heterocycles. The van der Waals surface area contributed by atoms with E-state index in [0.717, 1.165) is 22.1 Å². The molecule has 0 amide bonds. The first-order chi connectivity index (χ1) is 9.24. The molecule has 2 aromatic carbocycles. The Bertz CT molecular complexity index is 581. The van der Waals surface area contributed by atoms with Crippen molar-refractivity contribution in [2.75, 3.05) is 7.11 Å². The Morgan fingerprint density at radius 2 is 2.00 bits per heavy atom. The number of ether oxygens (including phenoxy) is 2. The maximum atomic E-state index is 10.8. The van der Waals surface area contributed by atoms with Crippen molar-refractivity contribution < 1.29 is 14.3 Å². The molecule has 0 heterocycles. The fraction of sp³-hybridized carbons (Fsp3) is 0.133. The molecule has 0 bridgehead atoms. The minimum atomic E-state index is 0.393. The molecule has 0 radical (unpaired) electrons. The number of hydrogen-bond donors (Lipinski definition) is 0. The van der Waals surface area contributed by atoms with E-state index in [1.165, 1.54) is 0 Å². The number of benzene rings is 2. The van der Waals surface area contributed by atoms with Gasteiger partial charge in [0.25, 0.3) is 0 Å². The fourth-order valence-electron chi connectivity index (χ4n) is 1.69. The molecule has 0 aliphatic carbocycles. The summed E-state index contributed by atoms with van der Waals surface area (Å²) in [6, 6.07) is 13.0. The van der Waals surface area contributed by atoms with Crippen LogP contribution < -0.4 is 9.47 Å². The first kappa shape index (κ1) is 13.6. The van der Waals surface area contributed by atoms with Gasteiger partial charge in [-0.2, -0.15) is 0 Å². The summed E-state index contributed by atoms with van der Waals surface area (Å²) in [4.78, 5) is 10.8. The molecular formula is C15H13BrO3. The Morgan fingerprint density at radius 3 is 2.74 bits per heavy atom. The lowest BCUT2D eigenvalue weighted by atomic mass is 10.2. The van der Waals surface area contributed by atoms with Crippen LogP contribution in [0.25, 0.3) is 0 Å². The van der Waals surface area contributed by atoms with Crippen LogP contribution in [0.15, 0.2) is 46.9 Å². The van der Waals surface area contributed by atoms with Crippen molar-refractivity contribution >= 4 is 22.2 Å². The van der Waals surface area contributed by atoms with E-state index in [-0.39, 0.29) is 0 Å². The number of rotatable bonds is 5. The van der Waals surface area contributed by atoms with Crippen LogP contribution in [0.4, 0.5) is 0 Å². The lowest BCUT2D eigenvalue weighted by molar-refractivity contribution is 0.112. The van der Waals surface area contributed by atoms with E-state index < -0.39 is 0 Å². The average Bonchev–Trinajstić information content (AvgIpc) is 2.46. The van der Waals surface area contributed by atoms with Gasteiger partial charge in [-0.25, -0.2) is 0 Å². The lowest BCUT2D eigenvalue weighted by Crippen LogP contribution is -1.99. The molecule has 98 valence electrons. The molecule has 0 fully saturated rings. The fourth-order valence-corrected chi connectivity index (χ4v) is 2.03. The number of hydrogen-bond acceptors (Lipinski definition) is 3. The van der Waals surface area contributed by atoms with Crippen LogP contribution in [-0.2, 0) is 6.61 Å². The van der Waals surface area contributed by atoms with Crippen LogP contribution >= 0.6 is 15.9 Å². The zero-order chi connectivity index (χ0) is 13.7. The number of carbonyl (C=O) groups is 1. The van der Waals surface area contributed by atoms with Gasteiger partial charge in [0.1, 0.15) is 18.1 Å². The number of aldehydes is 1. The maximum absolute atomic E-state index is 10.8. The van der Waals surface area contributed by atoms with Crippen molar-refractivity contribution in [1.82, 2.24) is 0 Å². The van der Waals surface area contributed by atoms with Gasteiger partial charge in [0.15, 0.2) is 6.29 Å². The number of para-hydroxylation sites is 1. The summed E-state index contributed by atoms with van der Waals surface area (Å²) in [5.41, 5.74) is 1.53. The SMILES string of the molecule is COc1ccccc1COc1ccc(Br)c(C=O)c1. The van der Waals surface area contributed by atoms with Crippen molar-refractivity contribution in [3.8, 4) is 11.5 Å². The largest absolute Gasteiger partial charge is 0.496 e. The highest BCUT2D eigenvalue weighted by atomic mass is 79.9. The zero-order valence-electron chi connectivity index (χ0n) is 10.4. The summed E-state index contributed by atoms with van der Waals surface area (Å²) in [5, 5.41) is 0. The van der Waals surface area contributed by atoms with Crippen molar-refractivity contribution in [3.05, 3.63) is 58.1 Å². The summed E-state index contributed by atoms with van der Waals surface area (Å²) in [5.74, 6) is 1.44. The molecule has 0 aliphatic rings. The Kier molecular flexibility index (Phi) is 4.58. The van der Waals surface area contributed by atoms with Gasteiger partial charge in [-0.15, -0.1) is 0 Å². The van der Waals surface area contributed by atoms with E-state index in [2.05, 4.69) is 15.9 Å². The highest BCUT2D eigenvalue weighted by Crippen LogP contribution is 2.23. The molecule has 4 heteroatoms. The van der Waals surface area contributed by atoms with E-state index >= 15 is 0 Å². The van der Waals surface area contributed by atoms with Crippen molar-refractivity contribution in [2.45, 2.75) is 6.61 Å². The molecule has 0 aromatic heterocycles. The molecule has 0 N–H and O–H groups in total. The number of methoxy groups -OCH3 is 1. The molecule has 2 rings (SSSR count). The molecule has 0 saturated carbocycles. The predicted molar refractivity (Wildman–Crippen MR) is 76.9 cm³/mol. The van der Waals surface area contributed by atoms with Crippen molar-refractivity contribution in [2.24, 2.45) is 0 Å². The second-order valence-electron chi connectivity index (χ2n) is 3.90. The van der Waals surface area contributed by atoms with E-state index in [0.29, 0.717) is 17.9 Å². The van der Waals surface area contributed by atoms with Gasteiger partial charge in [-0.1, -0.05) is 34.1 Å². The smallest absolute Gasteiger partial charge is 0.151 e. The van der Waals surface area contributed by atoms with Gasteiger partial charge in [-0.3, -0.25) is 4.79 Å². The van der Waals surface area contributed by atoms with Gasteiger partial charge in [0.2, 0.25) is 0 Å². The number of halogens is 1. The van der Waals surface area contributed by atoms with Gasteiger partial charge in [0.05, 0.1) is 7.11 Å². The van der Waals surface area contributed by atoms with Crippen LogP contribution in [0.3, 0.4) is 0 Å². The molecule has 2 aromatic rings. The second-order valence-corrected chi connectivity index (χ2v) is 4.76. The molecule has 0 spiro atoms. The summed E-state index contributed by atoms with van der Waals surface area (Å²) >= 11 is 3.30. The molecule has 19 heavy (non-hydrogen) atoms. The van der Waals surface area contributed by atoms with Crippen LogP contribution in [-0.4, -0.2) is 13.4 Å². The monoisotopic (exact) mass is 320 g/mol. The third-order valence-corrected chi connectivity index (χ3v) is 3.40. The first-order valence-electron chi connectivity index (χ1n) is 5.74. The predicted octanol–water partition coefficient (Wildman–Crippen LogP) is 3.85. The Morgan fingerprint density at radius 1 is 1.21 bits per heavy atom. The Labute approximate surface area is 120 Å².